The van der Waals surface area contributed by atoms with Gasteiger partial charge in [-0.3, -0.25) is 0 Å². The Kier molecular flexibility index (Phi) is 4.79. The summed E-state index contributed by atoms with van der Waals surface area (Å²) in [6.45, 7) is 0. The molecule has 0 amide bonds. The van der Waals surface area contributed by atoms with Gasteiger partial charge >= 0.3 is 27.7 Å². The van der Waals surface area contributed by atoms with E-state index in [2.05, 4.69) is 5.14 Å². The fourth-order valence-electron chi connectivity index (χ4n) is 0. The number of hydrogen-bond acceptors (Lipinski definition) is 3. The minimum atomic E-state index is -4.42. The number of nitrogens with two attached hydrogens (primary N) is 1. The third-order valence-corrected chi connectivity index (χ3v) is 0. The third-order valence-electron chi connectivity index (χ3n) is 0. The van der Waals surface area contributed by atoms with Crippen LogP contribution in [0.25, 0.3) is 0 Å². The van der Waals surface area contributed by atoms with E-state index >= 15 is 0 Å². The Hall–Kier alpha value is 0.805. The van der Waals surface area contributed by atoms with Gasteiger partial charge in [0.1, 0.15) is 0 Å². The van der Waals surface area contributed by atoms with Gasteiger partial charge in [-0.1, -0.05) is 0 Å². The maximum atomic E-state index is 8.85. The van der Waals surface area contributed by atoms with Gasteiger partial charge in [-0.25, -0.2) is 13.6 Å². The van der Waals surface area contributed by atoms with Crippen molar-refractivity contribution >= 4 is 10.3 Å². The molecule has 0 unspecified atom stereocenters. The van der Waals surface area contributed by atoms with Crippen molar-refractivity contribution in [2.75, 3.05) is 0 Å². The maximum Gasteiger partial charge on any atom is 1.00 e. The molecule has 0 aromatic carbocycles. The fraction of sp³-hybridized carbons (Fsp3) is 0. The van der Waals surface area contributed by atoms with E-state index in [1.165, 1.54) is 0 Å². The van der Waals surface area contributed by atoms with Crippen LogP contribution in [0.4, 0.5) is 0 Å². The molecule has 0 aliphatic carbocycles. The van der Waals surface area contributed by atoms with E-state index in [-0.39, 0.29) is 27.7 Å². The van der Waals surface area contributed by atoms with Crippen molar-refractivity contribution in [2.24, 2.45) is 5.14 Å². The molecule has 6 heteroatoms. The summed E-state index contributed by atoms with van der Waals surface area (Å²) < 4.78 is 26.6. The molecule has 0 saturated carbocycles. The molecule has 0 aromatic rings. The first kappa shape index (κ1) is 9.93. The summed E-state index contributed by atoms with van der Waals surface area (Å²) >= 11 is 0. The average molecular weight is 297 g/mol. The molecule has 2 N–H and O–H groups in total. The summed E-state index contributed by atoms with van der Waals surface area (Å²) in [6.07, 6.45) is 0. The summed E-state index contributed by atoms with van der Waals surface area (Å²) in [4.78, 5) is 0. The van der Waals surface area contributed by atoms with Gasteiger partial charge in [-0.15, -0.1) is 0 Å². The molecule has 0 aliphatic rings. The predicted molar refractivity (Wildman–Crippen MR) is 13.9 cm³/mol. The molecule has 0 aliphatic heterocycles. The molecular formula is H2HgNO3S. The largest absolute Gasteiger partial charge is 1.00 e. The molecule has 0 heterocycles. The molecule has 0 fully saturated rings. The number of hydrogen-bond donors (Lipinski definition) is 1. The van der Waals surface area contributed by atoms with Gasteiger partial charge in [0.15, 0.2) is 10.3 Å². The van der Waals surface area contributed by atoms with Crippen LogP contribution in [0.5, 0.6) is 0 Å². The minimum Gasteiger partial charge on any atom is -0.736 e. The summed E-state index contributed by atoms with van der Waals surface area (Å²) in [6, 6.07) is 0. The Bertz CT molecular complexity index is 94.0. The standard InChI is InChI=1S/Hg.H3NO3S/c;1-5(2,3)4/h;(H3,1,2,3,4)/q+1;/p-1. The van der Waals surface area contributed by atoms with Crippen LogP contribution in [-0.2, 0) is 38.0 Å². The smallest absolute Gasteiger partial charge is 0.736 e. The zero-order chi connectivity index (χ0) is 4.50. The van der Waals surface area contributed by atoms with E-state index < -0.39 is 10.3 Å². The second-order valence-electron chi connectivity index (χ2n) is 0.493. The molecule has 0 bridgehead atoms. The van der Waals surface area contributed by atoms with E-state index in [1.807, 2.05) is 0 Å². The van der Waals surface area contributed by atoms with Gasteiger partial charge in [0.05, 0.1) is 0 Å². The van der Waals surface area contributed by atoms with E-state index in [9.17, 15) is 0 Å². The topological polar surface area (TPSA) is 83.2 Å². The van der Waals surface area contributed by atoms with Crippen LogP contribution >= 0.6 is 0 Å². The first-order valence-corrected chi connectivity index (χ1v) is 2.21. The number of rotatable bonds is 0. The zero-order valence-electron chi connectivity index (χ0n) is 2.92. The molecule has 0 saturated heterocycles. The van der Waals surface area contributed by atoms with Crippen LogP contribution in [-0.4, -0.2) is 13.0 Å². The average Bonchev–Trinajstić information content (AvgIpc) is 0.722. The van der Waals surface area contributed by atoms with Crippen LogP contribution in [0.1, 0.15) is 0 Å². The first-order valence-electron chi connectivity index (χ1n) is 0.736. The molecule has 4 nitrogen and oxygen atoms in total. The van der Waals surface area contributed by atoms with Gasteiger partial charge in [0.2, 0.25) is 0 Å². The normalized spacial score (nSPS) is 9.67. The second kappa shape index (κ2) is 2.89. The Balaban J connectivity index is 0. The van der Waals surface area contributed by atoms with Crippen molar-refractivity contribution in [1.29, 1.82) is 0 Å². The van der Waals surface area contributed by atoms with E-state index in [4.69, 9.17) is 13.0 Å². The summed E-state index contributed by atoms with van der Waals surface area (Å²) in [5, 5.41) is 3.77. The summed E-state index contributed by atoms with van der Waals surface area (Å²) in [5.41, 5.74) is 0. The Morgan fingerprint density at radius 1 is 1.50 bits per heavy atom. The van der Waals surface area contributed by atoms with Crippen molar-refractivity contribution in [3.05, 3.63) is 0 Å². The predicted octanol–water partition coefficient (Wildman–Crippen LogP) is -1.60. The van der Waals surface area contributed by atoms with E-state index in [1.54, 1.807) is 0 Å². The van der Waals surface area contributed by atoms with Crippen molar-refractivity contribution in [3.63, 3.8) is 0 Å². The van der Waals surface area contributed by atoms with Crippen LogP contribution in [0.2, 0.25) is 0 Å². The van der Waals surface area contributed by atoms with Crippen LogP contribution < -0.4 is 5.14 Å². The van der Waals surface area contributed by atoms with Gasteiger partial charge in [-0.05, 0) is 0 Å². The third kappa shape index (κ3) is 107. The van der Waals surface area contributed by atoms with Crippen molar-refractivity contribution in [3.8, 4) is 0 Å². The van der Waals surface area contributed by atoms with Gasteiger partial charge in [-0.2, -0.15) is 0 Å². The monoisotopic (exact) mass is 298 g/mol. The molecule has 33 valence electrons. The summed E-state index contributed by atoms with van der Waals surface area (Å²) in [5.74, 6) is 0. The van der Waals surface area contributed by atoms with E-state index in [0.29, 0.717) is 0 Å². The molecule has 0 rings (SSSR count). The molecule has 1 radical (unpaired) electrons. The Morgan fingerprint density at radius 2 is 1.50 bits per heavy atom. The van der Waals surface area contributed by atoms with Crippen LogP contribution in [0.3, 0.4) is 0 Å². The Morgan fingerprint density at radius 3 is 1.50 bits per heavy atom. The van der Waals surface area contributed by atoms with Crippen molar-refractivity contribution in [2.45, 2.75) is 0 Å². The van der Waals surface area contributed by atoms with Crippen molar-refractivity contribution in [1.82, 2.24) is 0 Å². The second-order valence-corrected chi connectivity index (χ2v) is 1.48. The molecule has 0 spiro atoms. The van der Waals surface area contributed by atoms with Crippen LogP contribution in [0.15, 0.2) is 0 Å². The molecular weight excluding hydrogens is 295 g/mol. The maximum absolute atomic E-state index is 8.85. The van der Waals surface area contributed by atoms with Crippen LogP contribution in [0, 0.1) is 0 Å². The fourth-order valence-corrected chi connectivity index (χ4v) is 0. The zero-order valence-corrected chi connectivity index (χ0v) is 9.23. The van der Waals surface area contributed by atoms with Gasteiger partial charge < -0.3 is 4.55 Å². The molecule has 0 atom stereocenters. The molecule has 6 heavy (non-hydrogen) atoms. The van der Waals surface area contributed by atoms with E-state index in [0.717, 1.165) is 0 Å². The SMILES string of the molecule is NS(=O)(=O)[O-].[Hg+]. The first-order chi connectivity index (χ1) is 2.00. The molecule has 0 aromatic heterocycles. The van der Waals surface area contributed by atoms with Gasteiger partial charge in [0.25, 0.3) is 0 Å². The summed E-state index contributed by atoms with van der Waals surface area (Å²) in [7, 11) is -4.42. The quantitative estimate of drug-likeness (QED) is 0.432. The Labute approximate surface area is 56.1 Å². The van der Waals surface area contributed by atoms with Gasteiger partial charge in [0, 0.05) is 0 Å². The van der Waals surface area contributed by atoms with Crippen molar-refractivity contribution < 1.29 is 40.6 Å². The minimum absolute atomic E-state index is 0.